The molecule has 0 fully saturated rings. The third-order valence-electron chi connectivity index (χ3n) is 4.59. The van der Waals surface area contributed by atoms with Crippen LogP contribution in [0.5, 0.6) is 11.5 Å². The van der Waals surface area contributed by atoms with E-state index in [9.17, 15) is 0 Å². The van der Waals surface area contributed by atoms with Crippen molar-refractivity contribution in [3.8, 4) is 11.5 Å². The van der Waals surface area contributed by atoms with Gasteiger partial charge in [-0.1, -0.05) is 32.0 Å². The van der Waals surface area contributed by atoms with Gasteiger partial charge in [0.05, 0.1) is 6.04 Å². The van der Waals surface area contributed by atoms with E-state index < -0.39 is 0 Å². The first-order valence-electron chi connectivity index (χ1n) is 8.64. The molecule has 0 amide bonds. The van der Waals surface area contributed by atoms with Gasteiger partial charge in [-0.15, -0.1) is 0 Å². The van der Waals surface area contributed by atoms with E-state index in [1.807, 2.05) is 18.2 Å². The van der Waals surface area contributed by atoms with Crippen LogP contribution in [0, 0.1) is 0 Å². The molecule has 2 unspecified atom stereocenters. The highest BCUT2D eigenvalue weighted by Crippen LogP contribution is 2.34. The van der Waals surface area contributed by atoms with Crippen molar-refractivity contribution in [2.45, 2.75) is 39.2 Å². The van der Waals surface area contributed by atoms with Gasteiger partial charge in [0.15, 0.2) is 16.6 Å². The Labute approximate surface area is 154 Å². The number of benzene rings is 2. The molecule has 0 bridgehead atoms. The average Bonchev–Trinajstić information content (AvgIpc) is 3.09. The maximum Gasteiger partial charge on any atom is 0.231 e. The molecule has 2 aromatic carbocycles. The topological polar surface area (TPSA) is 42.5 Å². The highest BCUT2D eigenvalue weighted by Gasteiger charge is 2.16. The number of anilines is 1. The van der Waals surface area contributed by atoms with E-state index in [1.54, 1.807) is 0 Å². The molecular formula is C20H24N2O2S. The third-order valence-corrected chi connectivity index (χ3v) is 4.81. The van der Waals surface area contributed by atoms with Crippen LogP contribution in [0.1, 0.15) is 50.3 Å². The second-order valence-corrected chi connectivity index (χ2v) is 6.77. The highest BCUT2D eigenvalue weighted by atomic mass is 32.1. The van der Waals surface area contributed by atoms with Crippen molar-refractivity contribution in [2.24, 2.45) is 0 Å². The molecule has 0 radical (unpaired) electrons. The summed E-state index contributed by atoms with van der Waals surface area (Å²) >= 11 is 5.44. The molecule has 1 aliphatic heterocycles. The fourth-order valence-electron chi connectivity index (χ4n) is 2.76. The van der Waals surface area contributed by atoms with Crippen LogP contribution in [0.3, 0.4) is 0 Å². The van der Waals surface area contributed by atoms with Gasteiger partial charge in [0.1, 0.15) is 0 Å². The SMILES string of the molecule is CCC(C)c1ccc(NC(=S)NC(C)c2ccc3c(c2)OCO3)cc1. The number of hydrogen-bond acceptors (Lipinski definition) is 3. The summed E-state index contributed by atoms with van der Waals surface area (Å²) in [5.74, 6) is 2.15. The first-order chi connectivity index (χ1) is 12.1. The average molecular weight is 356 g/mol. The molecule has 4 nitrogen and oxygen atoms in total. The molecule has 132 valence electrons. The van der Waals surface area contributed by atoms with Crippen molar-refractivity contribution in [1.29, 1.82) is 0 Å². The minimum absolute atomic E-state index is 0.0638. The fraction of sp³-hybridized carbons (Fsp3) is 0.350. The van der Waals surface area contributed by atoms with Crippen LogP contribution >= 0.6 is 12.2 Å². The van der Waals surface area contributed by atoms with Crippen molar-refractivity contribution in [2.75, 3.05) is 12.1 Å². The van der Waals surface area contributed by atoms with E-state index in [-0.39, 0.29) is 12.8 Å². The van der Waals surface area contributed by atoms with Crippen LogP contribution in [-0.4, -0.2) is 11.9 Å². The molecule has 25 heavy (non-hydrogen) atoms. The van der Waals surface area contributed by atoms with Gasteiger partial charge in [-0.2, -0.15) is 0 Å². The van der Waals surface area contributed by atoms with E-state index in [0.717, 1.165) is 29.2 Å². The summed E-state index contributed by atoms with van der Waals surface area (Å²) in [6, 6.07) is 14.5. The van der Waals surface area contributed by atoms with Crippen molar-refractivity contribution in [3.05, 3.63) is 53.6 Å². The van der Waals surface area contributed by atoms with Crippen molar-refractivity contribution in [1.82, 2.24) is 5.32 Å². The van der Waals surface area contributed by atoms with Crippen LogP contribution in [0.25, 0.3) is 0 Å². The molecule has 1 aliphatic rings. The van der Waals surface area contributed by atoms with E-state index in [4.69, 9.17) is 21.7 Å². The molecule has 0 saturated heterocycles. The summed E-state index contributed by atoms with van der Waals surface area (Å²) in [6.45, 7) is 6.79. The van der Waals surface area contributed by atoms with Gasteiger partial charge in [-0.25, -0.2) is 0 Å². The molecule has 2 N–H and O–H groups in total. The lowest BCUT2D eigenvalue weighted by Crippen LogP contribution is -2.30. The maximum absolute atomic E-state index is 5.44. The smallest absolute Gasteiger partial charge is 0.231 e. The van der Waals surface area contributed by atoms with Crippen molar-refractivity contribution >= 4 is 23.0 Å². The Morgan fingerprint density at radius 2 is 1.72 bits per heavy atom. The molecule has 2 atom stereocenters. The van der Waals surface area contributed by atoms with Crippen molar-refractivity contribution in [3.63, 3.8) is 0 Å². The first kappa shape index (κ1) is 17.5. The van der Waals surface area contributed by atoms with Crippen molar-refractivity contribution < 1.29 is 9.47 Å². The Bertz CT molecular complexity index is 746. The summed E-state index contributed by atoms with van der Waals surface area (Å²) in [5.41, 5.74) is 3.43. The summed E-state index contributed by atoms with van der Waals surface area (Å²) in [7, 11) is 0. The lowest BCUT2D eigenvalue weighted by Gasteiger charge is -2.18. The Morgan fingerprint density at radius 3 is 2.44 bits per heavy atom. The predicted octanol–water partition coefficient (Wildman–Crippen LogP) is 4.98. The number of fused-ring (bicyclic) bond motifs is 1. The number of hydrogen-bond donors (Lipinski definition) is 2. The zero-order chi connectivity index (χ0) is 17.8. The van der Waals surface area contributed by atoms with E-state index >= 15 is 0 Å². The van der Waals surface area contributed by atoms with Gasteiger partial charge in [-0.05, 0) is 66.9 Å². The highest BCUT2D eigenvalue weighted by molar-refractivity contribution is 7.80. The summed E-state index contributed by atoms with van der Waals surface area (Å²) in [6.07, 6.45) is 1.14. The molecule has 3 rings (SSSR count). The van der Waals surface area contributed by atoms with Gasteiger partial charge < -0.3 is 20.1 Å². The monoisotopic (exact) mass is 356 g/mol. The molecule has 0 spiro atoms. The molecule has 2 aromatic rings. The molecular weight excluding hydrogens is 332 g/mol. The maximum atomic E-state index is 5.44. The van der Waals surface area contributed by atoms with Crippen LogP contribution in [0.15, 0.2) is 42.5 Å². The Kier molecular flexibility index (Phi) is 5.43. The van der Waals surface area contributed by atoms with Gasteiger partial charge in [-0.3, -0.25) is 0 Å². The molecule has 5 heteroatoms. The second kappa shape index (κ2) is 7.74. The molecule has 1 heterocycles. The first-order valence-corrected chi connectivity index (χ1v) is 9.04. The minimum atomic E-state index is 0.0638. The van der Waals surface area contributed by atoms with Gasteiger partial charge in [0, 0.05) is 5.69 Å². The van der Waals surface area contributed by atoms with Crippen LogP contribution in [-0.2, 0) is 0 Å². The Balaban J connectivity index is 1.58. The summed E-state index contributed by atoms with van der Waals surface area (Å²) < 4.78 is 10.8. The second-order valence-electron chi connectivity index (χ2n) is 6.36. The largest absolute Gasteiger partial charge is 0.454 e. The van der Waals surface area contributed by atoms with Crippen LogP contribution in [0.4, 0.5) is 5.69 Å². The zero-order valence-corrected chi connectivity index (χ0v) is 15.7. The van der Waals surface area contributed by atoms with Gasteiger partial charge in [0.25, 0.3) is 0 Å². The molecule has 0 aromatic heterocycles. The quantitative estimate of drug-likeness (QED) is 0.740. The van der Waals surface area contributed by atoms with Crippen LogP contribution in [0.2, 0.25) is 0 Å². The number of ether oxygens (including phenoxy) is 2. The van der Waals surface area contributed by atoms with E-state index in [2.05, 4.69) is 55.7 Å². The van der Waals surface area contributed by atoms with E-state index in [1.165, 1.54) is 5.56 Å². The number of rotatable bonds is 5. The normalized spacial score (nSPS) is 14.7. The fourth-order valence-corrected chi connectivity index (χ4v) is 3.05. The van der Waals surface area contributed by atoms with Crippen LogP contribution < -0.4 is 20.1 Å². The lowest BCUT2D eigenvalue weighted by molar-refractivity contribution is 0.174. The number of nitrogens with one attached hydrogen (secondary N) is 2. The third kappa shape index (κ3) is 4.23. The number of thiocarbonyl (C=S) groups is 1. The molecule has 0 aliphatic carbocycles. The predicted molar refractivity (Wildman–Crippen MR) is 105 cm³/mol. The zero-order valence-electron chi connectivity index (χ0n) is 14.8. The van der Waals surface area contributed by atoms with Gasteiger partial charge >= 0.3 is 0 Å². The molecule has 0 saturated carbocycles. The van der Waals surface area contributed by atoms with E-state index in [0.29, 0.717) is 11.0 Å². The standard InChI is InChI=1S/C20H24N2O2S/c1-4-13(2)15-5-8-17(9-6-15)22-20(25)21-14(3)16-7-10-18-19(11-16)24-12-23-18/h5-11,13-14H,4,12H2,1-3H3,(H2,21,22,25). The van der Waals surface area contributed by atoms with Gasteiger partial charge in [0.2, 0.25) is 6.79 Å². The summed E-state index contributed by atoms with van der Waals surface area (Å²) in [5, 5.41) is 7.15. The minimum Gasteiger partial charge on any atom is -0.454 e. The Hall–Kier alpha value is -2.27. The Morgan fingerprint density at radius 1 is 1.04 bits per heavy atom. The summed E-state index contributed by atoms with van der Waals surface area (Å²) in [4.78, 5) is 0. The lowest BCUT2D eigenvalue weighted by atomic mass is 9.99.